The van der Waals surface area contributed by atoms with Crippen molar-refractivity contribution in [2.24, 2.45) is 0 Å². The zero-order valence-electron chi connectivity index (χ0n) is 9.70. The topological polar surface area (TPSA) is 86.3 Å². The van der Waals surface area contributed by atoms with E-state index in [-0.39, 0.29) is 45.4 Å². The first-order valence-corrected chi connectivity index (χ1v) is 5.99. The number of nitrogens with zero attached hydrogens (tertiary/aromatic N) is 2. The first-order valence-electron chi connectivity index (χ1n) is 4.92. The normalized spacial score (nSPS) is 10.4. The van der Waals surface area contributed by atoms with Crippen molar-refractivity contribution in [3.05, 3.63) is 42.5 Å². The summed E-state index contributed by atoms with van der Waals surface area (Å²) >= 11 is 11.4. The summed E-state index contributed by atoms with van der Waals surface area (Å²) in [6.45, 7) is 2.93. The molecule has 18 heavy (non-hydrogen) atoms. The third kappa shape index (κ3) is 2.26. The average molecular weight is 293 g/mol. The van der Waals surface area contributed by atoms with Gasteiger partial charge in [0.1, 0.15) is 0 Å². The summed E-state index contributed by atoms with van der Waals surface area (Å²) in [7, 11) is 0. The van der Waals surface area contributed by atoms with Crippen LogP contribution in [0.3, 0.4) is 0 Å². The van der Waals surface area contributed by atoms with Crippen molar-refractivity contribution in [2.45, 2.75) is 25.6 Å². The molecule has 0 aliphatic carbocycles. The largest absolute Gasteiger partial charge is 0.277 e. The molecule has 1 aromatic carbocycles. The highest BCUT2D eigenvalue weighted by Gasteiger charge is 2.31. The molecule has 1 aromatic rings. The zero-order valence-corrected chi connectivity index (χ0v) is 11.2. The molecular formula is C10H10Cl2N2O4. The molecule has 0 saturated carbocycles. The van der Waals surface area contributed by atoms with Crippen LogP contribution >= 0.6 is 23.2 Å². The van der Waals surface area contributed by atoms with E-state index in [9.17, 15) is 20.2 Å². The minimum atomic E-state index is -0.584. The van der Waals surface area contributed by atoms with Crippen LogP contribution in [0.15, 0.2) is 0 Å². The Morgan fingerprint density at radius 1 is 0.889 bits per heavy atom. The quantitative estimate of drug-likeness (QED) is 0.482. The minimum Gasteiger partial charge on any atom is -0.258 e. The van der Waals surface area contributed by atoms with E-state index in [4.69, 9.17) is 23.2 Å². The number of hydrogen-bond acceptors (Lipinski definition) is 4. The molecule has 0 fully saturated rings. The lowest BCUT2D eigenvalue weighted by Gasteiger charge is -2.11. The summed E-state index contributed by atoms with van der Waals surface area (Å²) in [5.41, 5.74) is 0.345. The van der Waals surface area contributed by atoms with Gasteiger partial charge in [0.2, 0.25) is 0 Å². The molecule has 1 rings (SSSR count). The third-order valence-electron chi connectivity index (χ3n) is 2.84. The lowest BCUT2D eigenvalue weighted by atomic mass is 9.96. The molecule has 0 spiro atoms. The van der Waals surface area contributed by atoms with Gasteiger partial charge in [-0.05, 0) is 13.8 Å². The Hall–Kier alpha value is -1.40. The van der Waals surface area contributed by atoms with E-state index in [1.54, 1.807) is 0 Å². The van der Waals surface area contributed by atoms with Gasteiger partial charge < -0.3 is 0 Å². The van der Waals surface area contributed by atoms with Gasteiger partial charge in [-0.1, -0.05) is 0 Å². The molecule has 8 heteroatoms. The highest BCUT2D eigenvalue weighted by Crippen LogP contribution is 2.39. The lowest BCUT2D eigenvalue weighted by molar-refractivity contribution is -0.390. The Morgan fingerprint density at radius 2 is 1.17 bits per heavy atom. The molecule has 0 unspecified atom stereocenters. The number of hydrogen-bond donors (Lipinski definition) is 0. The minimum absolute atomic E-state index is 0.117. The number of rotatable bonds is 4. The van der Waals surface area contributed by atoms with Crippen molar-refractivity contribution in [1.29, 1.82) is 0 Å². The van der Waals surface area contributed by atoms with Crippen molar-refractivity contribution >= 4 is 34.6 Å². The monoisotopic (exact) mass is 292 g/mol. The van der Waals surface area contributed by atoms with Crippen LogP contribution in [0.25, 0.3) is 0 Å². The molecule has 0 aliphatic rings. The van der Waals surface area contributed by atoms with Gasteiger partial charge in [0.15, 0.2) is 0 Å². The molecule has 0 aliphatic heterocycles. The second-order valence-corrected chi connectivity index (χ2v) is 4.22. The van der Waals surface area contributed by atoms with Crippen molar-refractivity contribution in [2.75, 3.05) is 0 Å². The highest BCUT2D eigenvalue weighted by molar-refractivity contribution is 6.19. The molecule has 0 atom stereocenters. The molecule has 0 radical (unpaired) electrons. The van der Waals surface area contributed by atoms with Crippen LogP contribution in [-0.2, 0) is 11.8 Å². The number of halogens is 2. The predicted octanol–water partition coefficient (Wildman–Crippen LogP) is 3.60. The lowest BCUT2D eigenvalue weighted by Crippen LogP contribution is -2.07. The van der Waals surface area contributed by atoms with Crippen molar-refractivity contribution in [3.8, 4) is 0 Å². The van der Waals surface area contributed by atoms with Crippen LogP contribution < -0.4 is 0 Å². The van der Waals surface area contributed by atoms with E-state index < -0.39 is 9.85 Å². The second-order valence-electron chi connectivity index (χ2n) is 3.69. The predicted molar refractivity (Wildman–Crippen MR) is 68.3 cm³/mol. The number of nitro groups is 2. The summed E-state index contributed by atoms with van der Waals surface area (Å²) in [5, 5.41) is 22.1. The maximum absolute atomic E-state index is 11.0. The van der Waals surface area contributed by atoms with E-state index >= 15 is 0 Å². The zero-order chi connectivity index (χ0) is 14.0. The van der Waals surface area contributed by atoms with Gasteiger partial charge in [-0.15, -0.1) is 23.2 Å². The van der Waals surface area contributed by atoms with Crippen LogP contribution in [-0.4, -0.2) is 9.85 Å². The van der Waals surface area contributed by atoms with Crippen LogP contribution in [0.1, 0.15) is 22.3 Å². The summed E-state index contributed by atoms with van der Waals surface area (Å²) in [6.07, 6.45) is 0. The molecule has 0 bridgehead atoms. The molecule has 0 amide bonds. The van der Waals surface area contributed by atoms with Gasteiger partial charge in [0.25, 0.3) is 11.4 Å². The standard InChI is InChI=1S/C10H10Cl2N2O4/c1-5-6(2)10(14(17)18)8(4-12)7(3-11)9(5)13(15)16/h3-4H2,1-2H3. The fourth-order valence-corrected chi connectivity index (χ4v) is 2.45. The molecular weight excluding hydrogens is 283 g/mol. The molecule has 0 N–H and O–H groups in total. The maximum Gasteiger partial charge on any atom is 0.277 e. The first-order chi connectivity index (χ1) is 8.36. The Balaban J connectivity index is 3.86. The third-order valence-corrected chi connectivity index (χ3v) is 3.38. The Labute approximate surface area is 113 Å². The fourth-order valence-electron chi connectivity index (χ4n) is 1.88. The van der Waals surface area contributed by atoms with Gasteiger partial charge in [-0.3, -0.25) is 20.2 Å². The van der Waals surface area contributed by atoms with Gasteiger partial charge in [-0.2, -0.15) is 0 Å². The van der Waals surface area contributed by atoms with E-state index in [2.05, 4.69) is 0 Å². The van der Waals surface area contributed by atoms with Crippen LogP contribution in [0.4, 0.5) is 11.4 Å². The van der Waals surface area contributed by atoms with Crippen LogP contribution in [0.5, 0.6) is 0 Å². The second kappa shape index (κ2) is 5.49. The number of alkyl halides is 2. The van der Waals surface area contributed by atoms with E-state index in [0.717, 1.165) is 0 Å². The van der Waals surface area contributed by atoms with Crippen LogP contribution in [0.2, 0.25) is 0 Å². The Morgan fingerprint density at radius 3 is 1.33 bits per heavy atom. The van der Waals surface area contributed by atoms with E-state index in [1.807, 2.05) is 0 Å². The Bertz CT molecular complexity index is 484. The van der Waals surface area contributed by atoms with Crippen molar-refractivity contribution < 1.29 is 9.85 Å². The molecule has 0 heterocycles. The molecule has 6 nitrogen and oxygen atoms in total. The fraction of sp³-hybridized carbons (Fsp3) is 0.400. The first kappa shape index (κ1) is 14.7. The maximum atomic E-state index is 11.0. The average Bonchev–Trinajstić information content (AvgIpc) is 2.30. The van der Waals surface area contributed by atoms with Crippen molar-refractivity contribution in [1.82, 2.24) is 0 Å². The number of benzene rings is 1. The summed E-state index contributed by atoms with van der Waals surface area (Å²) in [5.74, 6) is -0.388. The molecule has 0 aromatic heterocycles. The van der Waals surface area contributed by atoms with Gasteiger partial charge in [0, 0.05) is 11.1 Å². The van der Waals surface area contributed by atoms with E-state index in [0.29, 0.717) is 0 Å². The number of nitro benzene ring substituents is 2. The SMILES string of the molecule is Cc1c(C)c([N+](=O)[O-])c(CCl)c(CCl)c1[N+](=O)[O-]. The van der Waals surface area contributed by atoms with Gasteiger partial charge in [-0.25, -0.2) is 0 Å². The van der Waals surface area contributed by atoms with Crippen molar-refractivity contribution in [3.63, 3.8) is 0 Å². The van der Waals surface area contributed by atoms with Gasteiger partial charge in [0.05, 0.1) is 32.7 Å². The highest BCUT2D eigenvalue weighted by atomic mass is 35.5. The van der Waals surface area contributed by atoms with E-state index in [1.165, 1.54) is 13.8 Å². The molecule has 98 valence electrons. The Kier molecular flexibility index (Phi) is 4.48. The van der Waals surface area contributed by atoms with Gasteiger partial charge >= 0.3 is 0 Å². The molecule has 0 saturated heterocycles. The summed E-state index contributed by atoms with van der Waals surface area (Å²) in [6, 6.07) is 0. The summed E-state index contributed by atoms with van der Waals surface area (Å²) in [4.78, 5) is 20.9. The smallest absolute Gasteiger partial charge is 0.258 e. The summed E-state index contributed by atoms with van der Waals surface area (Å²) < 4.78 is 0. The van der Waals surface area contributed by atoms with Crippen LogP contribution in [0, 0.1) is 34.1 Å².